The van der Waals surface area contributed by atoms with Crippen LogP contribution >= 0.6 is 15.9 Å². The van der Waals surface area contributed by atoms with Crippen molar-refractivity contribution in [2.24, 2.45) is 0 Å². The molecule has 19 heavy (non-hydrogen) atoms. The summed E-state index contributed by atoms with van der Waals surface area (Å²) in [6, 6.07) is 14.9. The first-order valence-electron chi connectivity index (χ1n) is 5.86. The molecule has 1 N–H and O–H groups in total. The minimum Gasteiger partial charge on any atom is -0.497 e. The first-order chi connectivity index (χ1) is 9.19. The third-order valence-electron chi connectivity index (χ3n) is 2.67. The maximum atomic E-state index is 12.0. The normalized spacial score (nSPS) is 10.0. The van der Waals surface area contributed by atoms with Gasteiger partial charge in [-0.3, -0.25) is 4.79 Å². The second-order valence-electron chi connectivity index (χ2n) is 4.04. The van der Waals surface area contributed by atoms with E-state index in [1.54, 1.807) is 25.3 Å². The van der Waals surface area contributed by atoms with Crippen LogP contribution in [0.4, 0.5) is 0 Å². The van der Waals surface area contributed by atoms with E-state index in [-0.39, 0.29) is 5.91 Å². The van der Waals surface area contributed by atoms with Gasteiger partial charge in [-0.05, 0) is 35.9 Å². The van der Waals surface area contributed by atoms with Crippen molar-refractivity contribution in [1.29, 1.82) is 0 Å². The Balaban J connectivity index is 2.01. The monoisotopic (exact) mass is 319 g/mol. The SMILES string of the molecule is COc1cccc(C(=O)NCc2cccc(Br)c2)c1. The average Bonchev–Trinajstić information content (AvgIpc) is 2.45. The molecule has 2 rings (SSSR count). The number of halogens is 1. The van der Waals surface area contributed by atoms with E-state index in [4.69, 9.17) is 4.74 Å². The van der Waals surface area contributed by atoms with Crippen molar-refractivity contribution < 1.29 is 9.53 Å². The van der Waals surface area contributed by atoms with Crippen molar-refractivity contribution in [1.82, 2.24) is 5.32 Å². The van der Waals surface area contributed by atoms with E-state index in [0.717, 1.165) is 10.0 Å². The zero-order chi connectivity index (χ0) is 13.7. The fourth-order valence-corrected chi connectivity index (χ4v) is 2.14. The van der Waals surface area contributed by atoms with Gasteiger partial charge >= 0.3 is 0 Å². The molecule has 0 bridgehead atoms. The first kappa shape index (κ1) is 13.6. The molecule has 0 aliphatic carbocycles. The predicted octanol–water partition coefficient (Wildman–Crippen LogP) is 3.39. The molecule has 0 aromatic heterocycles. The van der Waals surface area contributed by atoms with Crippen LogP contribution in [-0.4, -0.2) is 13.0 Å². The highest BCUT2D eigenvalue weighted by atomic mass is 79.9. The largest absolute Gasteiger partial charge is 0.497 e. The molecule has 0 atom stereocenters. The number of rotatable bonds is 4. The molecule has 0 saturated heterocycles. The summed E-state index contributed by atoms with van der Waals surface area (Å²) in [7, 11) is 1.58. The van der Waals surface area contributed by atoms with Crippen molar-refractivity contribution in [3.63, 3.8) is 0 Å². The Morgan fingerprint density at radius 1 is 1.21 bits per heavy atom. The lowest BCUT2D eigenvalue weighted by Gasteiger charge is -2.07. The number of hydrogen-bond acceptors (Lipinski definition) is 2. The van der Waals surface area contributed by atoms with Crippen LogP contribution < -0.4 is 10.1 Å². The lowest BCUT2D eigenvalue weighted by atomic mass is 10.2. The number of ether oxygens (including phenoxy) is 1. The maximum absolute atomic E-state index is 12.0. The number of nitrogens with one attached hydrogen (secondary N) is 1. The zero-order valence-corrected chi connectivity index (χ0v) is 12.1. The number of methoxy groups -OCH3 is 1. The Bertz CT molecular complexity index is 584. The van der Waals surface area contributed by atoms with Gasteiger partial charge in [0.05, 0.1) is 7.11 Å². The molecule has 0 radical (unpaired) electrons. The molecule has 2 aromatic carbocycles. The number of amides is 1. The highest BCUT2D eigenvalue weighted by Crippen LogP contribution is 2.13. The van der Waals surface area contributed by atoms with Gasteiger partial charge in [0.25, 0.3) is 5.91 Å². The van der Waals surface area contributed by atoms with Crippen LogP contribution in [0.1, 0.15) is 15.9 Å². The van der Waals surface area contributed by atoms with E-state index < -0.39 is 0 Å². The summed E-state index contributed by atoms with van der Waals surface area (Å²) >= 11 is 3.40. The molecule has 0 aliphatic rings. The van der Waals surface area contributed by atoms with Crippen LogP contribution in [0.15, 0.2) is 53.0 Å². The molecule has 98 valence electrons. The fraction of sp³-hybridized carbons (Fsp3) is 0.133. The van der Waals surface area contributed by atoms with E-state index in [9.17, 15) is 4.79 Å². The van der Waals surface area contributed by atoms with Crippen LogP contribution in [0.5, 0.6) is 5.75 Å². The number of carbonyl (C=O) groups excluding carboxylic acids is 1. The van der Waals surface area contributed by atoms with E-state index in [1.165, 1.54) is 0 Å². The second-order valence-corrected chi connectivity index (χ2v) is 4.96. The Morgan fingerprint density at radius 3 is 2.74 bits per heavy atom. The van der Waals surface area contributed by atoms with Gasteiger partial charge in [-0.15, -0.1) is 0 Å². The molecule has 2 aromatic rings. The standard InChI is InChI=1S/C15H14BrNO2/c1-19-14-7-3-5-12(9-14)15(18)17-10-11-4-2-6-13(16)8-11/h2-9H,10H2,1H3,(H,17,18). The summed E-state index contributed by atoms with van der Waals surface area (Å²) in [4.78, 5) is 12.0. The minimum atomic E-state index is -0.112. The van der Waals surface area contributed by atoms with E-state index in [2.05, 4.69) is 21.2 Å². The molecule has 4 heteroatoms. The predicted molar refractivity (Wildman–Crippen MR) is 78.3 cm³/mol. The second kappa shape index (κ2) is 6.38. The quantitative estimate of drug-likeness (QED) is 0.938. The van der Waals surface area contributed by atoms with Crippen molar-refractivity contribution >= 4 is 21.8 Å². The minimum absolute atomic E-state index is 0.112. The Morgan fingerprint density at radius 2 is 2.00 bits per heavy atom. The van der Waals surface area contributed by atoms with Crippen LogP contribution in [0.25, 0.3) is 0 Å². The Kier molecular flexibility index (Phi) is 4.58. The highest BCUT2D eigenvalue weighted by molar-refractivity contribution is 9.10. The van der Waals surface area contributed by atoms with Crippen LogP contribution in [0.2, 0.25) is 0 Å². The summed E-state index contributed by atoms with van der Waals surface area (Å²) in [5.41, 5.74) is 1.64. The number of benzene rings is 2. The van der Waals surface area contributed by atoms with Crippen LogP contribution in [0, 0.1) is 0 Å². The highest BCUT2D eigenvalue weighted by Gasteiger charge is 2.06. The summed E-state index contributed by atoms with van der Waals surface area (Å²) in [5, 5.41) is 2.88. The van der Waals surface area contributed by atoms with Gasteiger partial charge in [0.15, 0.2) is 0 Å². The smallest absolute Gasteiger partial charge is 0.251 e. The summed E-state index contributed by atoms with van der Waals surface area (Å²) in [6.45, 7) is 0.496. The number of carbonyl (C=O) groups is 1. The Hall–Kier alpha value is -1.81. The van der Waals surface area contributed by atoms with Gasteiger partial charge in [-0.1, -0.05) is 34.1 Å². The van der Waals surface area contributed by atoms with Crippen molar-refractivity contribution in [2.45, 2.75) is 6.54 Å². The molecule has 0 spiro atoms. The lowest BCUT2D eigenvalue weighted by molar-refractivity contribution is 0.0950. The first-order valence-corrected chi connectivity index (χ1v) is 6.65. The molecular formula is C15H14BrNO2. The van der Waals surface area contributed by atoms with Gasteiger partial charge in [0.2, 0.25) is 0 Å². The maximum Gasteiger partial charge on any atom is 0.251 e. The van der Waals surface area contributed by atoms with Gasteiger partial charge in [-0.2, -0.15) is 0 Å². The number of hydrogen-bond donors (Lipinski definition) is 1. The summed E-state index contributed by atoms with van der Waals surface area (Å²) < 4.78 is 6.10. The molecule has 0 fully saturated rings. The summed E-state index contributed by atoms with van der Waals surface area (Å²) in [6.07, 6.45) is 0. The van der Waals surface area contributed by atoms with Crippen molar-refractivity contribution in [2.75, 3.05) is 7.11 Å². The van der Waals surface area contributed by atoms with Crippen molar-refractivity contribution in [3.8, 4) is 5.75 Å². The Labute approximate surface area is 120 Å². The average molecular weight is 320 g/mol. The molecule has 1 amide bonds. The third kappa shape index (κ3) is 3.83. The van der Waals surface area contributed by atoms with Crippen LogP contribution in [0.3, 0.4) is 0 Å². The molecule has 0 aliphatic heterocycles. The van der Waals surface area contributed by atoms with Crippen LogP contribution in [-0.2, 0) is 6.54 Å². The molecule has 3 nitrogen and oxygen atoms in total. The van der Waals surface area contributed by atoms with Crippen molar-refractivity contribution in [3.05, 3.63) is 64.1 Å². The summed E-state index contributed by atoms with van der Waals surface area (Å²) in [5.74, 6) is 0.564. The topological polar surface area (TPSA) is 38.3 Å². The van der Waals surface area contributed by atoms with Gasteiger partial charge in [-0.25, -0.2) is 0 Å². The third-order valence-corrected chi connectivity index (χ3v) is 3.17. The van der Waals surface area contributed by atoms with E-state index in [0.29, 0.717) is 17.9 Å². The van der Waals surface area contributed by atoms with Gasteiger partial charge < -0.3 is 10.1 Å². The van der Waals surface area contributed by atoms with E-state index in [1.807, 2.05) is 30.3 Å². The zero-order valence-electron chi connectivity index (χ0n) is 10.5. The lowest BCUT2D eigenvalue weighted by Crippen LogP contribution is -2.22. The fourth-order valence-electron chi connectivity index (χ4n) is 1.70. The molecule has 0 unspecified atom stereocenters. The molecule has 0 saturated carbocycles. The van der Waals surface area contributed by atoms with E-state index >= 15 is 0 Å². The molecular weight excluding hydrogens is 306 g/mol. The van der Waals surface area contributed by atoms with Gasteiger partial charge in [0.1, 0.15) is 5.75 Å². The van der Waals surface area contributed by atoms with Gasteiger partial charge in [0, 0.05) is 16.6 Å². The molecule has 0 heterocycles.